The van der Waals surface area contributed by atoms with E-state index in [9.17, 15) is 0 Å². The molecule has 3 aliphatic rings. The summed E-state index contributed by atoms with van der Waals surface area (Å²) in [5, 5.41) is 4.47. The SMILES string of the molecule is CN=C(NCC1(c2cccc(Cl)c2)CC1)N1CCC(N2CCOCC2)C1. The highest BCUT2D eigenvalue weighted by Crippen LogP contribution is 2.48. The van der Waals surface area contributed by atoms with Crippen LogP contribution in [0.1, 0.15) is 24.8 Å². The van der Waals surface area contributed by atoms with Crippen LogP contribution in [0, 0.1) is 0 Å². The second-order valence-electron chi connectivity index (χ2n) is 7.73. The number of likely N-dealkylation sites (tertiary alicyclic amines) is 1. The molecule has 2 saturated heterocycles. The molecule has 0 amide bonds. The molecule has 1 unspecified atom stereocenters. The summed E-state index contributed by atoms with van der Waals surface area (Å²) in [6.45, 7) is 6.91. The number of rotatable bonds is 4. The topological polar surface area (TPSA) is 40.1 Å². The van der Waals surface area contributed by atoms with Gasteiger partial charge in [-0.15, -0.1) is 0 Å². The molecule has 0 aromatic heterocycles. The molecule has 3 fully saturated rings. The van der Waals surface area contributed by atoms with Crippen LogP contribution in [0.4, 0.5) is 0 Å². The lowest BCUT2D eigenvalue weighted by atomic mass is 9.96. The normalized spacial score (nSPS) is 26.2. The number of guanidine groups is 1. The van der Waals surface area contributed by atoms with E-state index >= 15 is 0 Å². The quantitative estimate of drug-likeness (QED) is 0.647. The molecule has 1 aromatic carbocycles. The van der Waals surface area contributed by atoms with E-state index in [0.29, 0.717) is 6.04 Å². The van der Waals surface area contributed by atoms with E-state index in [1.807, 2.05) is 13.1 Å². The highest BCUT2D eigenvalue weighted by Gasteiger charge is 2.44. The van der Waals surface area contributed by atoms with Crippen LogP contribution in [0.15, 0.2) is 29.3 Å². The summed E-state index contributed by atoms with van der Waals surface area (Å²) >= 11 is 6.20. The summed E-state index contributed by atoms with van der Waals surface area (Å²) in [6, 6.07) is 8.95. The predicted molar refractivity (Wildman–Crippen MR) is 106 cm³/mol. The Hall–Kier alpha value is -1.30. The molecule has 26 heavy (non-hydrogen) atoms. The van der Waals surface area contributed by atoms with Crippen molar-refractivity contribution < 1.29 is 4.74 Å². The Labute approximate surface area is 161 Å². The standard InChI is InChI=1S/C20H29ClN4O/c1-22-19(25-8-5-18(14-25)24-9-11-26-12-10-24)23-15-20(6-7-20)16-3-2-4-17(21)13-16/h2-4,13,18H,5-12,14-15H2,1H3,(H,22,23). The number of ether oxygens (including phenoxy) is 1. The summed E-state index contributed by atoms with van der Waals surface area (Å²) in [6.07, 6.45) is 3.64. The fourth-order valence-corrected chi connectivity index (χ4v) is 4.48. The fraction of sp³-hybridized carbons (Fsp3) is 0.650. The molecule has 5 nitrogen and oxygen atoms in total. The first-order chi connectivity index (χ1) is 12.7. The van der Waals surface area contributed by atoms with Gasteiger partial charge in [0.2, 0.25) is 0 Å². The Bertz CT molecular complexity index is 655. The van der Waals surface area contributed by atoms with Crippen molar-refractivity contribution in [3.63, 3.8) is 0 Å². The van der Waals surface area contributed by atoms with Crippen LogP contribution in [-0.4, -0.2) is 74.8 Å². The molecule has 1 atom stereocenters. The molecule has 2 heterocycles. The smallest absolute Gasteiger partial charge is 0.193 e. The average Bonchev–Trinajstić information content (AvgIpc) is 3.31. The van der Waals surface area contributed by atoms with Gasteiger partial charge < -0.3 is 15.0 Å². The molecule has 1 aromatic rings. The van der Waals surface area contributed by atoms with Crippen molar-refractivity contribution in [2.75, 3.05) is 53.0 Å². The predicted octanol–water partition coefficient (Wildman–Crippen LogP) is 2.35. The highest BCUT2D eigenvalue weighted by atomic mass is 35.5. The minimum absolute atomic E-state index is 0.226. The molecular weight excluding hydrogens is 348 g/mol. The Morgan fingerprint density at radius 1 is 1.31 bits per heavy atom. The Morgan fingerprint density at radius 2 is 2.12 bits per heavy atom. The van der Waals surface area contributed by atoms with Crippen molar-refractivity contribution in [3.05, 3.63) is 34.9 Å². The van der Waals surface area contributed by atoms with E-state index < -0.39 is 0 Å². The Kier molecular flexibility index (Phi) is 5.39. The van der Waals surface area contributed by atoms with Gasteiger partial charge in [0.25, 0.3) is 0 Å². The van der Waals surface area contributed by atoms with Crippen LogP contribution in [-0.2, 0) is 10.2 Å². The van der Waals surface area contributed by atoms with Gasteiger partial charge in [-0.2, -0.15) is 0 Å². The van der Waals surface area contributed by atoms with Gasteiger partial charge in [0, 0.05) is 56.3 Å². The molecule has 1 aliphatic carbocycles. The van der Waals surface area contributed by atoms with E-state index in [4.69, 9.17) is 16.3 Å². The molecule has 1 saturated carbocycles. The maximum Gasteiger partial charge on any atom is 0.193 e. The number of morpholine rings is 1. The first-order valence-corrected chi connectivity index (χ1v) is 10.1. The van der Waals surface area contributed by atoms with Crippen LogP contribution < -0.4 is 5.32 Å². The maximum atomic E-state index is 6.20. The molecule has 1 N–H and O–H groups in total. The van der Waals surface area contributed by atoms with E-state index in [0.717, 1.165) is 56.9 Å². The lowest BCUT2D eigenvalue weighted by molar-refractivity contribution is 0.0195. The van der Waals surface area contributed by atoms with Crippen LogP contribution >= 0.6 is 11.6 Å². The summed E-state index contributed by atoms with van der Waals surface area (Å²) < 4.78 is 5.49. The molecule has 0 spiro atoms. The van der Waals surface area contributed by atoms with Gasteiger partial charge in [-0.25, -0.2) is 0 Å². The fourth-order valence-electron chi connectivity index (χ4n) is 4.29. The van der Waals surface area contributed by atoms with Gasteiger partial charge in [-0.3, -0.25) is 9.89 Å². The molecule has 6 heteroatoms. The molecule has 0 radical (unpaired) electrons. The van der Waals surface area contributed by atoms with Crippen LogP contribution in [0.2, 0.25) is 5.02 Å². The Morgan fingerprint density at radius 3 is 2.81 bits per heavy atom. The van der Waals surface area contributed by atoms with Crippen LogP contribution in [0.5, 0.6) is 0 Å². The van der Waals surface area contributed by atoms with Crippen molar-refractivity contribution in [2.45, 2.75) is 30.7 Å². The third-order valence-electron chi connectivity index (χ3n) is 6.11. The van der Waals surface area contributed by atoms with Gasteiger partial charge in [-0.1, -0.05) is 23.7 Å². The zero-order valence-electron chi connectivity index (χ0n) is 15.6. The zero-order valence-corrected chi connectivity index (χ0v) is 16.3. The first-order valence-electron chi connectivity index (χ1n) is 9.74. The lowest BCUT2D eigenvalue weighted by Gasteiger charge is -2.32. The van der Waals surface area contributed by atoms with Gasteiger partial charge in [0.15, 0.2) is 5.96 Å². The zero-order chi connectivity index (χ0) is 18.0. The van der Waals surface area contributed by atoms with Crippen LogP contribution in [0.3, 0.4) is 0 Å². The number of hydrogen-bond donors (Lipinski definition) is 1. The number of nitrogens with one attached hydrogen (secondary N) is 1. The minimum Gasteiger partial charge on any atom is -0.379 e. The van der Waals surface area contributed by atoms with Crippen molar-refractivity contribution >= 4 is 17.6 Å². The number of halogens is 1. The first kappa shape index (κ1) is 18.1. The largest absolute Gasteiger partial charge is 0.379 e. The van der Waals surface area contributed by atoms with Crippen molar-refractivity contribution in [3.8, 4) is 0 Å². The highest BCUT2D eigenvalue weighted by molar-refractivity contribution is 6.30. The summed E-state index contributed by atoms with van der Waals surface area (Å²) in [5.74, 6) is 1.04. The Balaban J connectivity index is 1.34. The lowest BCUT2D eigenvalue weighted by Crippen LogP contribution is -2.47. The van der Waals surface area contributed by atoms with E-state index in [2.05, 4.69) is 38.3 Å². The number of hydrogen-bond acceptors (Lipinski definition) is 3. The number of aliphatic imine (C=N–C) groups is 1. The van der Waals surface area contributed by atoms with Gasteiger partial charge in [-0.05, 0) is 37.0 Å². The van der Waals surface area contributed by atoms with Gasteiger partial charge >= 0.3 is 0 Å². The van der Waals surface area contributed by atoms with Crippen LogP contribution in [0.25, 0.3) is 0 Å². The van der Waals surface area contributed by atoms with E-state index in [-0.39, 0.29) is 5.41 Å². The minimum atomic E-state index is 0.226. The molecule has 2 aliphatic heterocycles. The third-order valence-corrected chi connectivity index (χ3v) is 6.35. The number of benzene rings is 1. The molecule has 0 bridgehead atoms. The van der Waals surface area contributed by atoms with E-state index in [1.165, 1.54) is 24.8 Å². The summed E-state index contributed by atoms with van der Waals surface area (Å²) in [5.41, 5.74) is 1.57. The maximum absolute atomic E-state index is 6.20. The number of nitrogens with zero attached hydrogens (tertiary/aromatic N) is 3. The molecule has 4 rings (SSSR count). The van der Waals surface area contributed by atoms with Crippen molar-refractivity contribution in [1.82, 2.24) is 15.1 Å². The monoisotopic (exact) mass is 376 g/mol. The molecule has 142 valence electrons. The second kappa shape index (κ2) is 7.75. The summed E-state index contributed by atoms with van der Waals surface area (Å²) in [7, 11) is 1.89. The average molecular weight is 377 g/mol. The summed E-state index contributed by atoms with van der Waals surface area (Å²) in [4.78, 5) is 9.54. The molecular formula is C20H29ClN4O. The van der Waals surface area contributed by atoms with Crippen molar-refractivity contribution in [1.29, 1.82) is 0 Å². The second-order valence-corrected chi connectivity index (χ2v) is 8.16. The van der Waals surface area contributed by atoms with Crippen molar-refractivity contribution in [2.24, 2.45) is 4.99 Å². The van der Waals surface area contributed by atoms with Gasteiger partial charge in [0.1, 0.15) is 0 Å². The third kappa shape index (κ3) is 3.85. The van der Waals surface area contributed by atoms with Gasteiger partial charge in [0.05, 0.1) is 13.2 Å². The van der Waals surface area contributed by atoms with E-state index in [1.54, 1.807) is 0 Å².